The molecule has 0 unspecified atom stereocenters. The average Bonchev–Trinajstić information content (AvgIpc) is 2.89. The molecule has 0 heterocycles. The van der Waals surface area contributed by atoms with Crippen molar-refractivity contribution in [2.45, 2.75) is 116 Å². The highest BCUT2D eigenvalue weighted by Crippen LogP contribution is 2.35. The SMILES string of the molecule is CCCCCCCC/C=C\CCCCCCCC(=O)OC[C@H](COP(=O)(O)O)OC(=O)CCC(=O)/C=C/C=O. The lowest BCUT2D eigenvalue weighted by Crippen LogP contribution is -2.29. The van der Waals surface area contributed by atoms with Crippen LogP contribution in [0.2, 0.25) is 0 Å². The van der Waals surface area contributed by atoms with E-state index in [9.17, 15) is 23.7 Å². The van der Waals surface area contributed by atoms with Crippen molar-refractivity contribution in [3.05, 3.63) is 24.3 Å². The van der Waals surface area contributed by atoms with Crippen molar-refractivity contribution < 1.29 is 47.5 Å². The Bertz CT molecular complexity index is 787. The van der Waals surface area contributed by atoms with Gasteiger partial charge in [-0.25, -0.2) is 4.57 Å². The number of rotatable bonds is 26. The molecule has 10 nitrogen and oxygen atoms in total. The predicted octanol–water partition coefficient (Wildman–Crippen LogP) is 5.69. The number of phosphoric ester groups is 1. The summed E-state index contributed by atoms with van der Waals surface area (Å²) >= 11 is 0. The summed E-state index contributed by atoms with van der Waals surface area (Å²) in [6.45, 7) is 1.11. The summed E-state index contributed by atoms with van der Waals surface area (Å²) in [5.74, 6) is -1.82. The number of carbonyl (C=O) groups excluding carboxylic acids is 4. The van der Waals surface area contributed by atoms with E-state index in [4.69, 9.17) is 19.3 Å². The summed E-state index contributed by atoms with van der Waals surface area (Å²) in [4.78, 5) is 63.5. The lowest BCUT2D eigenvalue weighted by molar-refractivity contribution is -0.161. The van der Waals surface area contributed by atoms with Crippen LogP contribution in [0.15, 0.2) is 24.3 Å². The number of ketones is 1. The zero-order valence-electron chi connectivity index (χ0n) is 23.3. The molecule has 0 aliphatic heterocycles. The normalized spacial score (nSPS) is 12.6. The Morgan fingerprint density at radius 2 is 1.36 bits per heavy atom. The number of esters is 2. The van der Waals surface area contributed by atoms with Crippen LogP contribution in [0, 0.1) is 0 Å². The van der Waals surface area contributed by atoms with Crippen LogP contribution >= 0.6 is 7.82 Å². The summed E-state index contributed by atoms with van der Waals surface area (Å²) in [5, 5.41) is 0. The van der Waals surface area contributed by atoms with Gasteiger partial charge in [0.15, 0.2) is 11.9 Å². The van der Waals surface area contributed by atoms with Gasteiger partial charge in [0, 0.05) is 12.8 Å². The molecule has 1 atom stereocenters. The number of carbonyl (C=O) groups is 4. The number of hydrogen-bond acceptors (Lipinski definition) is 8. The minimum atomic E-state index is -4.83. The number of phosphoric acid groups is 1. The summed E-state index contributed by atoms with van der Waals surface area (Å²) in [6, 6.07) is 0. The number of ether oxygens (including phenoxy) is 2. The van der Waals surface area contributed by atoms with Gasteiger partial charge < -0.3 is 19.3 Å². The summed E-state index contributed by atoms with van der Waals surface area (Å²) in [6.07, 6.45) is 20.2. The van der Waals surface area contributed by atoms with Crippen LogP contribution in [0.3, 0.4) is 0 Å². The van der Waals surface area contributed by atoms with Crippen molar-refractivity contribution in [1.82, 2.24) is 0 Å². The molecule has 0 aromatic rings. The molecule has 0 saturated carbocycles. The molecule has 39 heavy (non-hydrogen) atoms. The molecular formula is C28H47O10P. The third-order valence-electron chi connectivity index (χ3n) is 5.74. The first-order valence-corrected chi connectivity index (χ1v) is 15.6. The van der Waals surface area contributed by atoms with E-state index in [1.807, 2.05) is 0 Å². The summed E-state index contributed by atoms with van der Waals surface area (Å²) < 4.78 is 25.5. The largest absolute Gasteiger partial charge is 0.469 e. The third kappa shape index (κ3) is 27.2. The molecule has 0 aromatic carbocycles. The Morgan fingerprint density at radius 1 is 0.769 bits per heavy atom. The molecule has 0 aromatic heterocycles. The molecule has 224 valence electrons. The topological polar surface area (TPSA) is 154 Å². The van der Waals surface area contributed by atoms with Crippen LogP contribution in [-0.2, 0) is 37.7 Å². The minimum Gasteiger partial charge on any atom is -0.462 e. The fourth-order valence-corrected chi connectivity index (χ4v) is 3.96. The van der Waals surface area contributed by atoms with Crippen LogP contribution in [0.1, 0.15) is 110 Å². The monoisotopic (exact) mass is 574 g/mol. The van der Waals surface area contributed by atoms with E-state index in [-0.39, 0.29) is 19.3 Å². The van der Waals surface area contributed by atoms with Gasteiger partial charge in [-0.2, -0.15) is 0 Å². The maximum absolute atomic E-state index is 12.0. The van der Waals surface area contributed by atoms with E-state index in [1.54, 1.807) is 0 Å². The van der Waals surface area contributed by atoms with Gasteiger partial charge in [0.1, 0.15) is 12.9 Å². The average molecular weight is 575 g/mol. The van der Waals surface area contributed by atoms with Crippen molar-refractivity contribution >= 4 is 31.8 Å². The van der Waals surface area contributed by atoms with Crippen LogP contribution in [0.25, 0.3) is 0 Å². The Kier molecular flexibility index (Phi) is 23.5. The number of allylic oxidation sites excluding steroid dienone is 4. The second-order valence-corrected chi connectivity index (χ2v) is 10.6. The van der Waals surface area contributed by atoms with Crippen molar-refractivity contribution in [1.29, 1.82) is 0 Å². The van der Waals surface area contributed by atoms with Crippen LogP contribution in [0.4, 0.5) is 0 Å². The van der Waals surface area contributed by atoms with E-state index in [0.717, 1.165) is 50.7 Å². The quantitative estimate of drug-likeness (QED) is 0.0329. The standard InChI is InChI=1S/C28H47O10P/c1-2-3-4-5-6-7-8-9-10-11-12-13-14-15-16-19-27(31)36-23-26(24-37-39(33,34)35)38-28(32)21-20-25(30)18-17-22-29/h9-10,17-18,22,26H,2-8,11-16,19-21,23-24H2,1H3,(H2,33,34,35)/b10-9-,18-17+/t26-/m1/s1. The van der Waals surface area contributed by atoms with Gasteiger partial charge in [0.05, 0.1) is 13.0 Å². The van der Waals surface area contributed by atoms with Gasteiger partial charge in [-0.05, 0) is 44.3 Å². The van der Waals surface area contributed by atoms with E-state index in [0.29, 0.717) is 12.7 Å². The summed E-state index contributed by atoms with van der Waals surface area (Å²) in [5.41, 5.74) is 0. The van der Waals surface area contributed by atoms with Gasteiger partial charge in [-0.3, -0.25) is 23.7 Å². The van der Waals surface area contributed by atoms with Gasteiger partial charge in [-0.1, -0.05) is 70.4 Å². The van der Waals surface area contributed by atoms with Crippen molar-refractivity contribution in [2.75, 3.05) is 13.2 Å². The van der Waals surface area contributed by atoms with Crippen molar-refractivity contribution in [3.8, 4) is 0 Å². The van der Waals surface area contributed by atoms with Crippen molar-refractivity contribution in [2.24, 2.45) is 0 Å². The zero-order chi connectivity index (χ0) is 29.2. The molecule has 0 saturated heterocycles. The van der Waals surface area contributed by atoms with Gasteiger partial charge in [-0.15, -0.1) is 0 Å². The lowest BCUT2D eigenvalue weighted by Gasteiger charge is -2.18. The molecule has 0 rings (SSSR count). The second kappa shape index (κ2) is 24.9. The first-order valence-electron chi connectivity index (χ1n) is 14.0. The fourth-order valence-electron chi connectivity index (χ4n) is 3.59. The highest BCUT2D eigenvalue weighted by molar-refractivity contribution is 7.46. The second-order valence-electron chi connectivity index (χ2n) is 9.38. The number of aldehydes is 1. The smallest absolute Gasteiger partial charge is 0.462 e. The molecule has 0 amide bonds. The Labute approximate surface area is 232 Å². The first kappa shape index (κ1) is 36.9. The minimum absolute atomic E-state index is 0.176. The number of hydrogen-bond donors (Lipinski definition) is 2. The van der Waals surface area contributed by atoms with Crippen molar-refractivity contribution in [3.63, 3.8) is 0 Å². The summed E-state index contributed by atoms with van der Waals surface area (Å²) in [7, 11) is -4.83. The first-order chi connectivity index (χ1) is 18.7. The van der Waals surface area contributed by atoms with Crippen LogP contribution < -0.4 is 0 Å². The Balaban J connectivity index is 4.07. The van der Waals surface area contributed by atoms with E-state index in [1.165, 1.54) is 38.5 Å². The fraction of sp³-hybridized carbons (Fsp3) is 0.714. The van der Waals surface area contributed by atoms with Crippen LogP contribution in [-0.4, -0.2) is 53.1 Å². The number of unbranched alkanes of at least 4 members (excludes halogenated alkanes) is 11. The predicted molar refractivity (Wildman–Crippen MR) is 148 cm³/mol. The Morgan fingerprint density at radius 3 is 1.95 bits per heavy atom. The molecule has 0 spiro atoms. The molecule has 11 heteroatoms. The maximum Gasteiger partial charge on any atom is 0.469 e. The van der Waals surface area contributed by atoms with Crippen LogP contribution in [0.5, 0.6) is 0 Å². The van der Waals surface area contributed by atoms with Gasteiger partial charge in [0.25, 0.3) is 0 Å². The van der Waals surface area contributed by atoms with E-state index in [2.05, 4.69) is 23.6 Å². The third-order valence-corrected chi connectivity index (χ3v) is 6.22. The maximum atomic E-state index is 12.0. The molecule has 0 aliphatic carbocycles. The van der Waals surface area contributed by atoms with E-state index >= 15 is 0 Å². The molecule has 0 aliphatic rings. The molecule has 2 N–H and O–H groups in total. The molecular weight excluding hydrogens is 527 g/mol. The lowest BCUT2D eigenvalue weighted by atomic mass is 10.1. The van der Waals surface area contributed by atoms with E-state index < -0.39 is 44.9 Å². The highest BCUT2D eigenvalue weighted by atomic mass is 31.2. The molecule has 0 bridgehead atoms. The Hall–Kier alpha value is -2.13. The highest BCUT2D eigenvalue weighted by Gasteiger charge is 2.23. The van der Waals surface area contributed by atoms with Gasteiger partial charge >= 0.3 is 19.8 Å². The molecule has 0 fully saturated rings. The zero-order valence-corrected chi connectivity index (χ0v) is 24.2. The molecule has 0 radical (unpaired) electrons. The van der Waals surface area contributed by atoms with Gasteiger partial charge in [0.2, 0.25) is 0 Å².